The third-order valence-electron chi connectivity index (χ3n) is 8.49. The molecule has 0 amide bonds. The van der Waals surface area contributed by atoms with Crippen molar-refractivity contribution in [1.82, 2.24) is 9.97 Å². The van der Waals surface area contributed by atoms with Crippen LogP contribution in [0.5, 0.6) is 0 Å². The van der Waals surface area contributed by atoms with E-state index >= 15 is 0 Å². The number of hydrogen-bond acceptors (Lipinski definition) is 3. The lowest BCUT2D eigenvalue weighted by Crippen LogP contribution is -1.89. The van der Waals surface area contributed by atoms with E-state index in [9.17, 15) is 0 Å². The van der Waals surface area contributed by atoms with Crippen LogP contribution >= 0.6 is 0 Å². The maximum atomic E-state index is 6.77. The van der Waals surface area contributed by atoms with Crippen LogP contribution in [0.1, 0.15) is 0 Å². The minimum absolute atomic E-state index is 0.895. The molecule has 0 N–H and O–H groups in total. The van der Waals surface area contributed by atoms with E-state index in [4.69, 9.17) is 9.40 Å². The number of benzene rings is 6. The first-order valence-electron chi connectivity index (χ1n) is 14.5. The SMILES string of the molecule is c1ccc(-c2cc3c4cccc(-c5cccc(-c6ccc7ccc8cccnc8c7n6)c5)c4oc3c3ccccc23)cc1. The smallest absolute Gasteiger partial charge is 0.143 e. The van der Waals surface area contributed by atoms with E-state index in [-0.39, 0.29) is 0 Å². The molecule has 9 aromatic rings. The van der Waals surface area contributed by atoms with Crippen molar-refractivity contribution in [2.75, 3.05) is 0 Å². The van der Waals surface area contributed by atoms with Gasteiger partial charge in [0.25, 0.3) is 0 Å². The number of fused-ring (bicyclic) bond motifs is 8. The Kier molecular flexibility index (Phi) is 5.20. The van der Waals surface area contributed by atoms with Gasteiger partial charge in [-0.05, 0) is 46.3 Å². The van der Waals surface area contributed by atoms with E-state index in [1.165, 1.54) is 16.5 Å². The summed E-state index contributed by atoms with van der Waals surface area (Å²) in [5, 5.41) is 6.72. The molecule has 3 heterocycles. The van der Waals surface area contributed by atoms with Crippen LogP contribution in [0.3, 0.4) is 0 Å². The lowest BCUT2D eigenvalue weighted by atomic mass is 9.94. The molecule has 0 fully saturated rings. The molecule has 0 spiro atoms. The van der Waals surface area contributed by atoms with Crippen molar-refractivity contribution in [1.29, 1.82) is 0 Å². The van der Waals surface area contributed by atoms with Gasteiger partial charge in [0, 0.05) is 44.3 Å². The monoisotopic (exact) mass is 548 g/mol. The van der Waals surface area contributed by atoms with Gasteiger partial charge in [0.2, 0.25) is 0 Å². The van der Waals surface area contributed by atoms with Gasteiger partial charge in [-0.15, -0.1) is 0 Å². The van der Waals surface area contributed by atoms with Gasteiger partial charge in [-0.1, -0.05) is 115 Å². The Balaban J connectivity index is 1.24. The Bertz CT molecular complexity index is 2510. The van der Waals surface area contributed by atoms with Crippen LogP contribution in [0.15, 0.2) is 150 Å². The summed E-state index contributed by atoms with van der Waals surface area (Å²) < 4.78 is 6.77. The quantitative estimate of drug-likeness (QED) is 0.206. The Morgan fingerprint density at radius 2 is 1.12 bits per heavy atom. The lowest BCUT2D eigenvalue weighted by Gasteiger charge is -2.08. The number of furan rings is 1. The Morgan fingerprint density at radius 1 is 0.419 bits per heavy atom. The van der Waals surface area contributed by atoms with Crippen molar-refractivity contribution in [3.8, 4) is 33.5 Å². The highest BCUT2D eigenvalue weighted by Gasteiger charge is 2.17. The highest BCUT2D eigenvalue weighted by Crippen LogP contribution is 2.42. The average molecular weight is 549 g/mol. The summed E-state index contributed by atoms with van der Waals surface area (Å²) in [5.74, 6) is 0. The van der Waals surface area contributed by atoms with E-state index in [2.05, 4.69) is 138 Å². The van der Waals surface area contributed by atoms with Gasteiger partial charge < -0.3 is 4.42 Å². The zero-order valence-corrected chi connectivity index (χ0v) is 23.2. The number of rotatable bonds is 3. The van der Waals surface area contributed by atoms with Crippen molar-refractivity contribution in [3.05, 3.63) is 146 Å². The minimum atomic E-state index is 0.895. The van der Waals surface area contributed by atoms with E-state index in [0.29, 0.717) is 0 Å². The zero-order valence-electron chi connectivity index (χ0n) is 23.2. The van der Waals surface area contributed by atoms with Crippen LogP contribution in [-0.4, -0.2) is 9.97 Å². The molecule has 0 unspecified atom stereocenters. The summed E-state index contributed by atoms with van der Waals surface area (Å²) in [6.07, 6.45) is 1.83. The van der Waals surface area contributed by atoms with Crippen LogP contribution < -0.4 is 0 Å². The Morgan fingerprint density at radius 3 is 2.02 bits per heavy atom. The van der Waals surface area contributed by atoms with Crippen molar-refractivity contribution < 1.29 is 4.42 Å². The molecule has 0 atom stereocenters. The van der Waals surface area contributed by atoms with Crippen LogP contribution in [0.4, 0.5) is 0 Å². The molecule has 0 aliphatic rings. The summed E-state index contributed by atoms with van der Waals surface area (Å²) in [4.78, 5) is 9.73. The molecule has 0 saturated heterocycles. The van der Waals surface area contributed by atoms with Gasteiger partial charge in [0.15, 0.2) is 0 Å². The summed E-state index contributed by atoms with van der Waals surface area (Å²) in [5.41, 5.74) is 10.2. The van der Waals surface area contributed by atoms with Crippen molar-refractivity contribution in [2.45, 2.75) is 0 Å². The molecule has 0 aliphatic heterocycles. The van der Waals surface area contributed by atoms with Crippen LogP contribution in [-0.2, 0) is 0 Å². The van der Waals surface area contributed by atoms with E-state index in [1.807, 2.05) is 12.3 Å². The normalized spacial score (nSPS) is 11.7. The van der Waals surface area contributed by atoms with Gasteiger partial charge in [-0.2, -0.15) is 0 Å². The van der Waals surface area contributed by atoms with Gasteiger partial charge >= 0.3 is 0 Å². The third-order valence-corrected chi connectivity index (χ3v) is 8.49. The first-order chi connectivity index (χ1) is 21.3. The Labute approximate surface area is 247 Å². The van der Waals surface area contributed by atoms with E-state index in [0.717, 1.165) is 71.5 Å². The molecule has 3 aromatic heterocycles. The summed E-state index contributed by atoms with van der Waals surface area (Å²) in [6.45, 7) is 0. The fraction of sp³-hybridized carbons (Fsp3) is 0. The molecule has 0 saturated carbocycles. The van der Waals surface area contributed by atoms with Gasteiger partial charge in [-0.25, -0.2) is 4.98 Å². The second-order valence-corrected chi connectivity index (χ2v) is 11.0. The number of nitrogens with zero attached hydrogens (tertiary/aromatic N) is 2. The molecule has 3 nitrogen and oxygen atoms in total. The molecular formula is C40H24N2O. The van der Waals surface area contributed by atoms with E-state index in [1.54, 1.807) is 0 Å². The molecule has 9 rings (SSSR count). The predicted molar refractivity (Wildman–Crippen MR) is 178 cm³/mol. The molecule has 3 heteroatoms. The first-order valence-corrected chi connectivity index (χ1v) is 14.5. The molecular weight excluding hydrogens is 524 g/mol. The van der Waals surface area contributed by atoms with Gasteiger partial charge in [0.05, 0.1) is 16.7 Å². The first kappa shape index (κ1) is 23.9. The largest absolute Gasteiger partial charge is 0.455 e. The number of para-hydroxylation sites is 1. The molecule has 200 valence electrons. The van der Waals surface area contributed by atoms with Gasteiger partial charge in [-0.3, -0.25) is 4.98 Å². The summed E-state index contributed by atoms with van der Waals surface area (Å²) in [6, 6.07) is 48.9. The third kappa shape index (κ3) is 3.75. The molecule has 0 radical (unpaired) electrons. The maximum Gasteiger partial charge on any atom is 0.143 e. The highest BCUT2D eigenvalue weighted by molar-refractivity contribution is 6.20. The topological polar surface area (TPSA) is 38.9 Å². The predicted octanol–water partition coefficient (Wildman–Crippen LogP) is 10.8. The minimum Gasteiger partial charge on any atom is -0.455 e. The average Bonchev–Trinajstić information content (AvgIpc) is 3.47. The number of pyridine rings is 2. The maximum absolute atomic E-state index is 6.77. The fourth-order valence-electron chi connectivity index (χ4n) is 6.43. The van der Waals surface area contributed by atoms with Crippen LogP contribution in [0, 0.1) is 0 Å². The fourth-order valence-corrected chi connectivity index (χ4v) is 6.43. The molecule has 0 aliphatic carbocycles. The zero-order chi connectivity index (χ0) is 28.3. The summed E-state index contributed by atoms with van der Waals surface area (Å²) in [7, 11) is 0. The standard InChI is InChI=1S/C40H24N2O/c1-2-9-25(10-3-1)34-24-35-33-17-7-16-30(39(33)43-40(35)32-15-5-4-14-31(32)34)28-11-6-12-29(23-28)36-21-20-27-19-18-26-13-8-22-41-37(26)38(27)42-36/h1-24H. The molecule has 6 aromatic carbocycles. The second kappa shape index (κ2) is 9.37. The van der Waals surface area contributed by atoms with E-state index < -0.39 is 0 Å². The number of aromatic nitrogens is 2. The number of hydrogen-bond donors (Lipinski definition) is 0. The highest BCUT2D eigenvalue weighted by atomic mass is 16.3. The molecule has 0 bridgehead atoms. The van der Waals surface area contributed by atoms with Crippen molar-refractivity contribution >= 4 is 54.5 Å². The summed E-state index contributed by atoms with van der Waals surface area (Å²) >= 11 is 0. The van der Waals surface area contributed by atoms with Crippen molar-refractivity contribution in [2.24, 2.45) is 0 Å². The van der Waals surface area contributed by atoms with Crippen LogP contribution in [0.2, 0.25) is 0 Å². The van der Waals surface area contributed by atoms with Crippen LogP contribution in [0.25, 0.3) is 88.0 Å². The molecule has 43 heavy (non-hydrogen) atoms. The van der Waals surface area contributed by atoms with Gasteiger partial charge in [0.1, 0.15) is 11.2 Å². The Hall–Kier alpha value is -5.80. The van der Waals surface area contributed by atoms with Crippen molar-refractivity contribution in [3.63, 3.8) is 0 Å². The lowest BCUT2D eigenvalue weighted by molar-refractivity contribution is 0.674. The second-order valence-electron chi connectivity index (χ2n) is 11.0.